The number of ether oxygens (including phenoxy) is 1. The van der Waals surface area contributed by atoms with Gasteiger partial charge in [-0.05, 0) is 31.3 Å². The number of rotatable bonds is 5. The van der Waals surface area contributed by atoms with Crippen molar-refractivity contribution in [3.63, 3.8) is 0 Å². The maximum absolute atomic E-state index is 12.6. The van der Waals surface area contributed by atoms with E-state index in [1.165, 1.54) is 0 Å². The van der Waals surface area contributed by atoms with Gasteiger partial charge in [-0.25, -0.2) is 0 Å². The lowest BCUT2D eigenvalue weighted by Crippen LogP contribution is -2.44. The molecule has 0 atom stereocenters. The van der Waals surface area contributed by atoms with Crippen molar-refractivity contribution in [2.24, 2.45) is 0 Å². The lowest BCUT2D eigenvalue weighted by atomic mass is 10.1. The largest absolute Gasteiger partial charge is 0.496 e. The van der Waals surface area contributed by atoms with Crippen molar-refractivity contribution < 1.29 is 9.53 Å². The molecular formula is C20H24ClN3O2. The van der Waals surface area contributed by atoms with E-state index in [1.807, 2.05) is 42.5 Å². The Kier molecular flexibility index (Phi) is 6.01. The molecule has 0 aromatic heterocycles. The van der Waals surface area contributed by atoms with Crippen LogP contribution in [0.15, 0.2) is 42.5 Å². The fraction of sp³-hybridized carbons (Fsp3) is 0.350. The Hall–Kier alpha value is -2.24. The second kappa shape index (κ2) is 8.43. The second-order valence-electron chi connectivity index (χ2n) is 6.49. The van der Waals surface area contributed by atoms with Crippen LogP contribution in [0.1, 0.15) is 5.56 Å². The highest BCUT2D eigenvalue weighted by Crippen LogP contribution is 2.30. The van der Waals surface area contributed by atoms with Crippen LogP contribution in [0.3, 0.4) is 0 Å². The smallest absolute Gasteiger partial charge is 0.228 e. The van der Waals surface area contributed by atoms with E-state index in [4.69, 9.17) is 16.3 Å². The Morgan fingerprint density at radius 1 is 1.15 bits per heavy atom. The zero-order valence-corrected chi connectivity index (χ0v) is 15.9. The molecule has 0 bridgehead atoms. The summed E-state index contributed by atoms with van der Waals surface area (Å²) in [6, 6.07) is 13.2. The molecule has 6 heteroatoms. The maximum Gasteiger partial charge on any atom is 0.228 e. The number of piperazine rings is 1. The number of carbonyl (C=O) groups is 1. The summed E-state index contributed by atoms with van der Waals surface area (Å²) in [6.07, 6.45) is 0.249. The molecule has 0 saturated carbocycles. The van der Waals surface area contributed by atoms with E-state index in [0.717, 1.165) is 43.1 Å². The fourth-order valence-electron chi connectivity index (χ4n) is 3.15. The van der Waals surface area contributed by atoms with Gasteiger partial charge in [0.1, 0.15) is 5.75 Å². The zero-order valence-electron chi connectivity index (χ0n) is 15.2. The molecule has 1 saturated heterocycles. The minimum Gasteiger partial charge on any atom is -0.496 e. The van der Waals surface area contributed by atoms with Crippen molar-refractivity contribution in [1.82, 2.24) is 4.90 Å². The third-order valence-electron chi connectivity index (χ3n) is 4.62. The number of amides is 1. The third-order valence-corrected chi connectivity index (χ3v) is 4.86. The van der Waals surface area contributed by atoms with Crippen LogP contribution in [0.4, 0.5) is 11.4 Å². The predicted molar refractivity (Wildman–Crippen MR) is 106 cm³/mol. The van der Waals surface area contributed by atoms with E-state index in [9.17, 15) is 4.79 Å². The number of benzene rings is 2. The number of likely N-dealkylation sites (N-methyl/N-ethyl adjacent to an activating group) is 1. The molecule has 26 heavy (non-hydrogen) atoms. The molecule has 3 rings (SSSR count). The van der Waals surface area contributed by atoms with Crippen molar-refractivity contribution in [3.05, 3.63) is 53.1 Å². The number of hydrogen-bond acceptors (Lipinski definition) is 4. The minimum absolute atomic E-state index is 0.0906. The second-order valence-corrected chi connectivity index (χ2v) is 6.93. The standard InChI is InChI=1S/C20H24ClN3O2/c1-23-9-11-24(12-10-23)18-8-7-16(21)14-17(18)22-20(25)13-15-5-3-4-6-19(15)26-2/h3-8,14H,9-13H2,1-2H3,(H,22,25). The monoisotopic (exact) mass is 373 g/mol. The van der Waals surface area contributed by atoms with Gasteiger partial charge in [0.2, 0.25) is 5.91 Å². The summed E-state index contributed by atoms with van der Waals surface area (Å²) in [7, 11) is 3.73. The molecule has 1 heterocycles. The molecule has 2 aromatic carbocycles. The Morgan fingerprint density at radius 2 is 1.88 bits per heavy atom. The van der Waals surface area contributed by atoms with Gasteiger partial charge in [-0.1, -0.05) is 29.8 Å². The Morgan fingerprint density at radius 3 is 2.62 bits per heavy atom. The molecule has 138 valence electrons. The lowest BCUT2D eigenvalue weighted by molar-refractivity contribution is -0.115. The molecular weight excluding hydrogens is 350 g/mol. The van der Waals surface area contributed by atoms with Gasteiger partial charge in [0.05, 0.1) is 24.9 Å². The van der Waals surface area contributed by atoms with Crippen LogP contribution in [0.25, 0.3) is 0 Å². The molecule has 2 aromatic rings. The summed E-state index contributed by atoms with van der Waals surface area (Å²) >= 11 is 6.17. The van der Waals surface area contributed by atoms with E-state index >= 15 is 0 Å². The van der Waals surface area contributed by atoms with E-state index < -0.39 is 0 Å². The van der Waals surface area contributed by atoms with Crippen molar-refractivity contribution in [2.45, 2.75) is 6.42 Å². The molecule has 5 nitrogen and oxygen atoms in total. The predicted octanol–water partition coefficient (Wildman–Crippen LogP) is 3.28. The lowest BCUT2D eigenvalue weighted by Gasteiger charge is -2.35. The van der Waals surface area contributed by atoms with Crippen LogP contribution in [0.2, 0.25) is 5.02 Å². The molecule has 0 aliphatic carbocycles. The van der Waals surface area contributed by atoms with Gasteiger partial charge in [0, 0.05) is 36.8 Å². The van der Waals surface area contributed by atoms with Gasteiger partial charge in [-0.3, -0.25) is 4.79 Å². The van der Waals surface area contributed by atoms with Crippen LogP contribution in [0.5, 0.6) is 5.75 Å². The summed E-state index contributed by atoms with van der Waals surface area (Å²) in [5.74, 6) is 0.625. The maximum atomic E-state index is 12.6. The van der Waals surface area contributed by atoms with Crippen molar-refractivity contribution in [1.29, 1.82) is 0 Å². The van der Waals surface area contributed by atoms with Gasteiger partial charge in [-0.15, -0.1) is 0 Å². The van der Waals surface area contributed by atoms with Gasteiger partial charge in [-0.2, -0.15) is 0 Å². The van der Waals surface area contributed by atoms with E-state index in [-0.39, 0.29) is 12.3 Å². The summed E-state index contributed by atoms with van der Waals surface area (Å²) in [5, 5.41) is 3.63. The average molecular weight is 374 g/mol. The molecule has 0 radical (unpaired) electrons. The Bertz CT molecular complexity index is 773. The number of nitrogens with one attached hydrogen (secondary N) is 1. The van der Waals surface area contributed by atoms with E-state index in [1.54, 1.807) is 7.11 Å². The normalized spacial score (nSPS) is 15.0. The number of methoxy groups -OCH3 is 1. The van der Waals surface area contributed by atoms with Crippen LogP contribution >= 0.6 is 11.6 Å². The first kappa shape index (κ1) is 18.5. The fourth-order valence-corrected chi connectivity index (χ4v) is 3.32. The van der Waals surface area contributed by atoms with Gasteiger partial charge in [0.15, 0.2) is 0 Å². The summed E-state index contributed by atoms with van der Waals surface area (Å²) in [5.41, 5.74) is 2.62. The van der Waals surface area contributed by atoms with Gasteiger partial charge >= 0.3 is 0 Å². The number of carbonyl (C=O) groups excluding carboxylic acids is 1. The first-order chi connectivity index (χ1) is 12.6. The van der Waals surface area contributed by atoms with Gasteiger partial charge < -0.3 is 19.9 Å². The van der Waals surface area contributed by atoms with Crippen LogP contribution in [0, 0.1) is 0 Å². The van der Waals surface area contributed by atoms with E-state index in [2.05, 4.69) is 22.2 Å². The van der Waals surface area contributed by atoms with Crippen molar-refractivity contribution in [2.75, 3.05) is 50.6 Å². The average Bonchev–Trinajstić information content (AvgIpc) is 2.63. The Balaban J connectivity index is 1.76. The SMILES string of the molecule is COc1ccccc1CC(=O)Nc1cc(Cl)ccc1N1CCN(C)CC1. The van der Waals surface area contributed by atoms with E-state index in [0.29, 0.717) is 10.8 Å². The van der Waals surface area contributed by atoms with Crippen LogP contribution in [-0.2, 0) is 11.2 Å². The summed E-state index contributed by atoms with van der Waals surface area (Å²) < 4.78 is 5.33. The number of nitrogens with zero attached hydrogens (tertiary/aromatic N) is 2. The zero-order chi connectivity index (χ0) is 18.5. The number of halogens is 1. The minimum atomic E-state index is -0.0906. The Labute approximate surface area is 159 Å². The first-order valence-corrected chi connectivity index (χ1v) is 9.09. The molecule has 0 unspecified atom stereocenters. The molecule has 1 amide bonds. The van der Waals surface area contributed by atoms with Crippen molar-refractivity contribution in [3.8, 4) is 5.75 Å². The highest BCUT2D eigenvalue weighted by Gasteiger charge is 2.18. The van der Waals surface area contributed by atoms with Crippen LogP contribution < -0.4 is 15.0 Å². The molecule has 1 N–H and O–H groups in total. The number of para-hydroxylation sites is 1. The highest BCUT2D eigenvalue weighted by molar-refractivity contribution is 6.31. The highest BCUT2D eigenvalue weighted by atomic mass is 35.5. The molecule has 1 aliphatic rings. The first-order valence-electron chi connectivity index (χ1n) is 8.71. The third kappa shape index (κ3) is 4.48. The van der Waals surface area contributed by atoms with Crippen LogP contribution in [-0.4, -0.2) is 51.1 Å². The quantitative estimate of drug-likeness (QED) is 0.873. The number of anilines is 2. The summed E-state index contributed by atoms with van der Waals surface area (Å²) in [6.45, 7) is 3.84. The molecule has 0 spiro atoms. The topological polar surface area (TPSA) is 44.8 Å². The van der Waals surface area contributed by atoms with Crippen molar-refractivity contribution >= 4 is 28.9 Å². The molecule has 1 aliphatic heterocycles. The molecule has 1 fully saturated rings. The number of hydrogen-bond donors (Lipinski definition) is 1. The summed E-state index contributed by atoms with van der Waals surface area (Å²) in [4.78, 5) is 17.2. The van der Waals surface area contributed by atoms with Gasteiger partial charge in [0.25, 0.3) is 0 Å².